The van der Waals surface area contributed by atoms with E-state index in [1.165, 1.54) is 18.5 Å². The molecule has 0 aliphatic carbocycles. The van der Waals surface area contributed by atoms with E-state index in [2.05, 4.69) is 30.8 Å². The summed E-state index contributed by atoms with van der Waals surface area (Å²) in [5.41, 5.74) is 6.33. The number of fused-ring (bicyclic) bond motifs is 1. The fourth-order valence-corrected chi connectivity index (χ4v) is 3.10. The first-order chi connectivity index (χ1) is 15.3. The lowest BCUT2D eigenvalue weighted by molar-refractivity contribution is -0.137. The summed E-state index contributed by atoms with van der Waals surface area (Å²) in [5.74, 6) is 0.373. The SMILES string of the molecule is Cc1ccc2nc(N/N=C/c3ccc(Nc4cccc(C(F)(F)F)c4)cn3)nc(C)c2c1. The molecule has 2 aromatic heterocycles. The van der Waals surface area contributed by atoms with Crippen molar-refractivity contribution in [3.05, 3.63) is 83.3 Å². The fourth-order valence-electron chi connectivity index (χ4n) is 3.10. The molecule has 0 aliphatic rings. The van der Waals surface area contributed by atoms with Crippen LogP contribution in [0.15, 0.2) is 65.9 Å². The van der Waals surface area contributed by atoms with E-state index in [0.717, 1.165) is 34.3 Å². The van der Waals surface area contributed by atoms with Gasteiger partial charge in [-0.2, -0.15) is 18.3 Å². The van der Waals surface area contributed by atoms with Gasteiger partial charge in [0.1, 0.15) is 0 Å². The van der Waals surface area contributed by atoms with Crippen LogP contribution < -0.4 is 10.7 Å². The molecular weight excluding hydrogens is 417 g/mol. The maximum atomic E-state index is 12.8. The summed E-state index contributed by atoms with van der Waals surface area (Å²) in [6.45, 7) is 3.93. The molecule has 6 nitrogen and oxygen atoms in total. The zero-order valence-corrected chi connectivity index (χ0v) is 17.3. The Labute approximate surface area is 182 Å². The molecule has 4 aromatic rings. The number of hydrogen-bond acceptors (Lipinski definition) is 6. The monoisotopic (exact) mass is 436 g/mol. The number of hydrazone groups is 1. The zero-order chi connectivity index (χ0) is 22.7. The van der Waals surface area contributed by atoms with Gasteiger partial charge in [0.2, 0.25) is 5.95 Å². The molecule has 0 aliphatic heterocycles. The molecule has 2 N–H and O–H groups in total. The molecule has 9 heteroatoms. The van der Waals surface area contributed by atoms with Gasteiger partial charge in [0, 0.05) is 11.1 Å². The van der Waals surface area contributed by atoms with Crippen LogP contribution in [-0.2, 0) is 6.18 Å². The summed E-state index contributed by atoms with van der Waals surface area (Å²) in [5, 5.41) is 8.02. The quantitative estimate of drug-likeness (QED) is 0.303. The lowest BCUT2D eigenvalue weighted by Gasteiger charge is -2.10. The van der Waals surface area contributed by atoms with Gasteiger partial charge < -0.3 is 5.32 Å². The molecule has 2 heterocycles. The predicted molar refractivity (Wildman–Crippen MR) is 119 cm³/mol. The van der Waals surface area contributed by atoms with Crippen LogP contribution in [0.2, 0.25) is 0 Å². The molecule has 4 rings (SSSR count). The maximum absolute atomic E-state index is 12.8. The highest BCUT2D eigenvalue weighted by Gasteiger charge is 2.30. The molecule has 0 radical (unpaired) electrons. The van der Waals surface area contributed by atoms with E-state index in [1.807, 2.05) is 32.0 Å². The van der Waals surface area contributed by atoms with Gasteiger partial charge >= 0.3 is 6.18 Å². The van der Waals surface area contributed by atoms with E-state index >= 15 is 0 Å². The molecule has 0 spiro atoms. The van der Waals surface area contributed by atoms with Crippen molar-refractivity contribution in [1.82, 2.24) is 15.0 Å². The number of anilines is 3. The van der Waals surface area contributed by atoms with Gasteiger partial charge in [-0.1, -0.05) is 17.7 Å². The Kier molecular flexibility index (Phi) is 5.72. The highest BCUT2D eigenvalue weighted by atomic mass is 19.4. The van der Waals surface area contributed by atoms with Gasteiger partial charge in [-0.15, -0.1) is 0 Å². The second-order valence-electron chi connectivity index (χ2n) is 7.20. The van der Waals surface area contributed by atoms with E-state index in [4.69, 9.17) is 0 Å². The van der Waals surface area contributed by atoms with Crippen LogP contribution in [0.5, 0.6) is 0 Å². The van der Waals surface area contributed by atoms with Gasteiger partial charge in [-0.3, -0.25) is 4.98 Å². The third-order valence-electron chi connectivity index (χ3n) is 4.67. The topological polar surface area (TPSA) is 75.1 Å². The number of hydrogen-bond donors (Lipinski definition) is 2. The van der Waals surface area contributed by atoms with Crippen molar-refractivity contribution < 1.29 is 13.2 Å². The molecule has 0 bridgehead atoms. The van der Waals surface area contributed by atoms with Gasteiger partial charge in [0.15, 0.2) is 0 Å². The van der Waals surface area contributed by atoms with Crippen molar-refractivity contribution in [2.75, 3.05) is 10.7 Å². The molecule has 0 saturated heterocycles. The van der Waals surface area contributed by atoms with Crippen molar-refractivity contribution in [2.45, 2.75) is 20.0 Å². The minimum atomic E-state index is -4.39. The lowest BCUT2D eigenvalue weighted by atomic mass is 10.1. The second-order valence-corrected chi connectivity index (χ2v) is 7.20. The molecule has 0 fully saturated rings. The minimum Gasteiger partial charge on any atom is -0.354 e. The highest BCUT2D eigenvalue weighted by molar-refractivity contribution is 5.83. The molecular formula is C23H19F3N6. The average Bonchev–Trinajstić information content (AvgIpc) is 2.75. The van der Waals surface area contributed by atoms with E-state index in [9.17, 15) is 13.2 Å². The van der Waals surface area contributed by atoms with Crippen LogP contribution >= 0.6 is 0 Å². The first kappa shape index (κ1) is 21.2. The summed E-state index contributed by atoms with van der Waals surface area (Å²) in [6.07, 6.45) is -1.37. The van der Waals surface area contributed by atoms with Gasteiger partial charge in [-0.25, -0.2) is 15.4 Å². The summed E-state index contributed by atoms with van der Waals surface area (Å²) in [4.78, 5) is 13.1. The number of benzene rings is 2. The maximum Gasteiger partial charge on any atom is 0.416 e. The molecule has 0 atom stereocenters. The van der Waals surface area contributed by atoms with E-state index in [-0.39, 0.29) is 0 Å². The first-order valence-corrected chi connectivity index (χ1v) is 9.72. The second kappa shape index (κ2) is 8.62. The number of halogens is 3. The van der Waals surface area contributed by atoms with Crippen molar-refractivity contribution in [3.8, 4) is 0 Å². The Morgan fingerprint density at radius 2 is 1.78 bits per heavy atom. The number of rotatable bonds is 5. The number of nitrogens with one attached hydrogen (secondary N) is 2. The summed E-state index contributed by atoms with van der Waals surface area (Å²) in [7, 11) is 0. The van der Waals surface area contributed by atoms with Gasteiger partial charge in [0.05, 0.1) is 40.6 Å². The molecule has 2 aromatic carbocycles. The zero-order valence-electron chi connectivity index (χ0n) is 17.3. The van der Waals surface area contributed by atoms with Crippen LogP contribution in [0.25, 0.3) is 10.9 Å². The van der Waals surface area contributed by atoms with Crippen LogP contribution in [-0.4, -0.2) is 21.2 Å². The van der Waals surface area contributed by atoms with Gasteiger partial charge in [-0.05, 0) is 56.3 Å². The van der Waals surface area contributed by atoms with Crippen molar-refractivity contribution >= 4 is 34.4 Å². The van der Waals surface area contributed by atoms with Crippen LogP contribution in [0.1, 0.15) is 22.5 Å². The summed E-state index contributed by atoms with van der Waals surface area (Å²) in [6, 6.07) is 14.3. The van der Waals surface area contributed by atoms with Crippen LogP contribution in [0, 0.1) is 13.8 Å². The van der Waals surface area contributed by atoms with Gasteiger partial charge in [0.25, 0.3) is 0 Å². The first-order valence-electron chi connectivity index (χ1n) is 9.72. The normalized spacial score (nSPS) is 11.8. The lowest BCUT2D eigenvalue weighted by Crippen LogP contribution is -2.05. The van der Waals surface area contributed by atoms with Crippen molar-refractivity contribution in [2.24, 2.45) is 5.10 Å². The largest absolute Gasteiger partial charge is 0.416 e. The molecule has 0 saturated carbocycles. The van der Waals surface area contributed by atoms with Crippen LogP contribution in [0.3, 0.4) is 0 Å². The van der Waals surface area contributed by atoms with Crippen molar-refractivity contribution in [3.63, 3.8) is 0 Å². The predicted octanol–water partition coefficient (Wildman–Crippen LogP) is 5.85. The number of pyridine rings is 1. The van der Waals surface area contributed by atoms with E-state index in [0.29, 0.717) is 23.0 Å². The average molecular weight is 436 g/mol. The third-order valence-corrected chi connectivity index (χ3v) is 4.67. The number of aromatic nitrogens is 3. The van der Waals surface area contributed by atoms with Crippen LogP contribution in [0.4, 0.5) is 30.5 Å². The molecule has 0 unspecified atom stereocenters. The Hall–Kier alpha value is -4.01. The number of aryl methyl sites for hydroxylation is 2. The molecule has 0 amide bonds. The number of nitrogens with zero attached hydrogens (tertiary/aromatic N) is 4. The minimum absolute atomic E-state index is 0.323. The molecule has 162 valence electrons. The highest BCUT2D eigenvalue weighted by Crippen LogP contribution is 2.31. The van der Waals surface area contributed by atoms with E-state index in [1.54, 1.807) is 18.2 Å². The fraction of sp³-hybridized carbons (Fsp3) is 0.130. The smallest absolute Gasteiger partial charge is 0.354 e. The number of alkyl halides is 3. The summed E-state index contributed by atoms with van der Waals surface area (Å²) < 4.78 is 38.5. The third kappa shape index (κ3) is 5.00. The Morgan fingerprint density at radius 3 is 2.53 bits per heavy atom. The Bertz CT molecular complexity index is 1280. The Balaban J connectivity index is 1.42. The summed E-state index contributed by atoms with van der Waals surface area (Å²) >= 11 is 0. The Morgan fingerprint density at radius 1 is 0.938 bits per heavy atom. The van der Waals surface area contributed by atoms with Crippen molar-refractivity contribution in [1.29, 1.82) is 0 Å². The standard InChI is InChI=1S/C23H19F3N6/c1-14-6-9-21-20(10-14)15(2)29-22(31-21)32-28-13-18-7-8-19(12-27-18)30-17-5-3-4-16(11-17)23(24,25)26/h3-13,30H,1-2H3,(H,29,31,32)/b28-13+. The van der Waals surface area contributed by atoms with E-state index < -0.39 is 11.7 Å². The molecule has 32 heavy (non-hydrogen) atoms.